The van der Waals surface area contributed by atoms with E-state index in [1.54, 1.807) is 18.9 Å². The maximum absolute atomic E-state index is 6.11. The lowest BCUT2D eigenvalue weighted by Gasteiger charge is -2.19. The van der Waals surface area contributed by atoms with Gasteiger partial charge in [-0.1, -0.05) is 29.3 Å². The Morgan fingerprint density at radius 2 is 1.90 bits per heavy atom. The molecule has 1 atom stereocenters. The first-order valence-corrected chi connectivity index (χ1v) is 8.27. The molecule has 0 saturated carbocycles. The molecule has 0 heterocycles. The van der Waals surface area contributed by atoms with Crippen molar-refractivity contribution in [2.24, 2.45) is 0 Å². The smallest absolute Gasteiger partial charge is 0.123 e. The van der Waals surface area contributed by atoms with Gasteiger partial charge in [0, 0.05) is 32.3 Å². The normalized spacial score (nSPS) is 12.2. The maximum atomic E-state index is 6.11. The van der Waals surface area contributed by atoms with Crippen molar-refractivity contribution < 1.29 is 4.74 Å². The molecule has 0 aromatic heterocycles. The fraction of sp³-hybridized carbons (Fsp3) is 0.250. The molecule has 5 heteroatoms. The summed E-state index contributed by atoms with van der Waals surface area (Å²) in [4.78, 5) is 1.14. The van der Waals surface area contributed by atoms with Crippen LogP contribution in [0.5, 0.6) is 5.75 Å². The predicted octanol–water partition coefficient (Wildman–Crippen LogP) is 5.05. The fourth-order valence-electron chi connectivity index (χ4n) is 2.04. The summed E-state index contributed by atoms with van der Waals surface area (Å²) in [6, 6.07) is 13.7. The first-order chi connectivity index (χ1) is 10.1. The van der Waals surface area contributed by atoms with Gasteiger partial charge < -0.3 is 10.1 Å². The summed E-state index contributed by atoms with van der Waals surface area (Å²) in [7, 11) is 3.60. The van der Waals surface area contributed by atoms with E-state index in [4.69, 9.17) is 27.9 Å². The summed E-state index contributed by atoms with van der Waals surface area (Å²) >= 11 is 13.9. The summed E-state index contributed by atoms with van der Waals surface area (Å²) in [5, 5.41) is 4.77. The number of hydrogen-bond donors (Lipinski definition) is 1. The van der Waals surface area contributed by atoms with E-state index in [-0.39, 0.29) is 6.04 Å². The zero-order valence-electron chi connectivity index (χ0n) is 11.9. The molecule has 0 aliphatic heterocycles. The lowest BCUT2D eigenvalue weighted by molar-refractivity contribution is 0.404. The van der Waals surface area contributed by atoms with Gasteiger partial charge in [0.15, 0.2) is 0 Å². The van der Waals surface area contributed by atoms with E-state index in [1.807, 2.05) is 43.4 Å². The van der Waals surface area contributed by atoms with E-state index in [9.17, 15) is 0 Å². The number of benzene rings is 2. The van der Waals surface area contributed by atoms with Gasteiger partial charge in [0.1, 0.15) is 5.75 Å². The Bertz CT molecular complexity index is 607. The van der Waals surface area contributed by atoms with Crippen LogP contribution in [0.1, 0.15) is 11.6 Å². The van der Waals surface area contributed by atoms with E-state index in [0.717, 1.165) is 27.0 Å². The Kier molecular flexibility index (Phi) is 6.24. The minimum atomic E-state index is 0.141. The van der Waals surface area contributed by atoms with Crippen molar-refractivity contribution in [3.8, 4) is 5.75 Å². The van der Waals surface area contributed by atoms with Gasteiger partial charge >= 0.3 is 0 Å². The zero-order valence-corrected chi connectivity index (χ0v) is 14.2. The lowest BCUT2D eigenvalue weighted by Crippen LogP contribution is -2.19. The molecule has 112 valence electrons. The van der Waals surface area contributed by atoms with Crippen molar-refractivity contribution in [1.29, 1.82) is 0 Å². The predicted molar refractivity (Wildman–Crippen MR) is 92.0 cm³/mol. The Hall–Kier alpha value is -0.870. The molecule has 0 saturated heterocycles. The van der Waals surface area contributed by atoms with Crippen LogP contribution in [0.15, 0.2) is 47.4 Å². The topological polar surface area (TPSA) is 21.3 Å². The molecule has 0 spiro atoms. The Labute approximate surface area is 139 Å². The van der Waals surface area contributed by atoms with Crippen molar-refractivity contribution in [3.63, 3.8) is 0 Å². The van der Waals surface area contributed by atoms with Gasteiger partial charge in [-0.15, -0.1) is 11.8 Å². The Balaban J connectivity index is 2.15. The monoisotopic (exact) mass is 341 g/mol. The summed E-state index contributed by atoms with van der Waals surface area (Å²) in [6.45, 7) is 0. The summed E-state index contributed by atoms with van der Waals surface area (Å²) in [5.41, 5.74) is 1.06. The van der Waals surface area contributed by atoms with Gasteiger partial charge in [0.05, 0.1) is 7.11 Å². The van der Waals surface area contributed by atoms with Gasteiger partial charge in [0.2, 0.25) is 0 Å². The quantitative estimate of drug-likeness (QED) is 0.742. The third kappa shape index (κ3) is 4.55. The zero-order chi connectivity index (χ0) is 15.2. The SMILES string of the molecule is CNC(CSc1cccc(Cl)c1)c1cc(Cl)ccc1OC. The summed E-state index contributed by atoms with van der Waals surface area (Å²) in [5.74, 6) is 1.69. The molecule has 2 aromatic rings. The van der Waals surface area contributed by atoms with E-state index < -0.39 is 0 Å². The van der Waals surface area contributed by atoms with Crippen molar-refractivity contribution in [2.75, 3.05) is 19.9 Å². The third-order valence-corrected chi connectivity index (χ3v) is 4.69. The highest BCUT2D eigenvalue weighted by Crippen LogP contribution is 2.32. The number of hydrogen-bond acceptors (Lipinski definition) is 3. The van der Waals surface area contributed by atoms with Crippen LogP contribution in [0, 0.1) is 0 Å². The number of nitrogens with one attached hydrogen (secondary N) is 1. The molecule has 21 heavy (non-hydrogen) atoms. The molecule has 0 radical (unpaired) electrons. The van der Waals surface area contributed by atoms with Crippen molar-refractivity contribution >= 4 is 35.0 Å². The number of methoxy groups -OCH3 is 1. The molecule has 1 unspecified atom stereocenters. The molecule has 0 aliphatic carbocycles. The number of halogens is 2. The van der Waals surface area contributed by atoms with E-state index in [2.05, 4.69) is 11.4 Å². The first-order valence-electron chi connectivity index (χ1n) is 6.53. The molecule has 2 aromatic carbocycles. The Morgan fingerprint density at radius 3 is 2.57 bits per heavy atom. The highest BCUT2D eigenvalue weighted by molar-refractivity contribution is 7.99. The van der Waals surface area contributed by atoms with Gasteiger partial charge in [-0.3, -0.25) is 0 Å². The standard InChI is InChI=1S/C16H17Cl2NOS/c1-19-15(10-21-13-5-3-4-11(17)8-13)14-9-12(18)6-7-16(14)20-2/h3-9,15,19H,10H2,1-2H3. The molecule has 1 N–H and O–H groups in total. The molecular weight excluding hydrogens is 325 g/mol. The molecule has 2 nitrogen and oxygen atoms in total. The second-order valence-corrected chi connectivity index (χ2v) is 6.46. The van der Waals surface area contributed by atoms with Crippen molar-refractivity contribution in [3.05, 3.63) is 58.1 Å². The second-order valence-electron chi connectivity index (χ2n) is 4.50. The largest absolute Gasteiger partial charge is 0.496 e. The third-order valence-electron chi connectivity index (χ3n) is 3.13. The molecule has 0 aliphatic rings. The second kappa shape index (κ2) is 7.95. The van der Waals surface area contributed by atoms with Crippen LogP contribution < -0.4 is 10.1 Å². The maximum Gasteiger partial charge on any atom is 0.123 e. The molecular formula is C16H17Cl2NOS. The van der Waals surface area contributed by atoms with Crippen LogP contribution in [0.2, 0.25) is 10.0 Å². The number of thioether (sulfide) groups is 1. The summed E-state index contributed by atoms with van der Waals surface area (Å²) < 4.78 is 5.43. The Morgan fingerprint density at radius 1 is 1.14 bits per heavy atom. The highest BCUT2D eigenvalue weighted by atomic mass is 35.5. The van der Waals surface area contributed by atoms with Crippen LogP contribution in [0.4, 0.5) is 0 Å². The first kappa shape index (κ1) is 16.5. The van der Waals surface area contributed by atoms with E-state index >= 15 is 0 Å². The fourth-order valence-corrected chi connectivity index (χ4v) is 3.57. The minimum absolute atomic E-state index is 0.141. The van der Waals surface area contributed by atoms with Crippen molar-refractivity contribution in [2.45, 2.75) is 10.9 Å². The van der Waals surface area contributed by atoms with Gasteiger partial charge in [-0.25, -0.2) is 0 Å². The van der Waals surface area contributed by atoms with Crippen LogP contribution in [-0.2, 0) is 0 Å². The number of ether oxygens (including phenoxy) is 1. The van der Waals surface area contributed by atoms with Gasteiger partial charge in [-0.05, 0) is 43.4 Å². The lowest BCUT2D eigenvalue weighted by atomic mass is 10.1. The molecule has 0 fully saturated rings. The average Bonchev–Trinajstić information content (AvgIpc) is 2.48. The minimum Gasteiger partial charge on any atom is -0.496 e. The van der Waals surface area contributed by atoms with Crippen LogP contribution in [0.3, 0.4) is 0 Å². The van der Waals surface area contributed by atoms with E-state index in [1.165, 1.54) is 0 Å². The van der Waals surface area contributed by atoms with E-state index in [0.29, 0.717) is 5.02 Å². The van der Waals surface area contributed by atoms with Crippen molar-refractivity contribution in [1.82, 2.24) is 5.32 Å². The molecule has 2 rings (SSSR count). The average molecular weight is 342 g/mol. The van der Waals surface area contributed by atoms with Crippen LogP contribution in [0.25, 0.3) is 0 Å². The highest BCUT2D eigenvalue weighted by Gasteiger charge is 2.15. The summed E-state index contributed by atoms with van der Waals surface area (Å²) in [6.07, 6.45) is 0. The van der Waals surface area contributed by atoms with Crippen LogP contribution >= 0.6 is 35.0 Å². The molecule has 0 amide bonds. The van der Waals surface area contributed by atoms with Crippen LogP contribution in [-0.4, -0.2) is 19.9 Å². The van der Waals surface area contributed by atoms with Gasteiger partial charge in [0.25, 0.3) is 0 Å². The molecule has 0 bridgehead atoms. The van der Waals surface area contributed by atoms with Gasteiger partial charge in [-0.2, -0.15) is 0 Å². The number of rotatable bonds is 6.